The third-order valence-electron chi connectivity index (χ3n) is 3.70. The van der Waals surface area contributed by atoms with Crippen molar-refractivity contribution in [3.63, 3.8) is 0 Å². The first-order valence-electron chi connectivity index (χ1n) is 8.00. The van der Waals surface area contributed by atoms with Crippen LogP contribution in [0.1, 0.15) is 25.3 Å². The van der Waals surface area contributed by atoms with Gasteiger partial charge in [0, 0.05) is 19.5 Å². The van der Waals surface area contributed by atoms with Crippen LogP contribution < -0.4 is 14.8 Å². The van der Waals surface area contributed by atoms with Crippen molar-refractivity contribution in [3.05, 3.63) is 28.7 Å². The van der Waals surface area contributed by atoms with Gasteiger partial charge in [0.15, 0.2) is 11.5 Å². The van der Waals surface area contributed by atoms with Gasteiger partial charge in [-0.2, -0.15) is 0 Å². The molecule has 0 radical (unpaired) electrons. The topological polar surface area (TPSA) is 84.9 Å². The highest BCUT2D eigenvalue weighted by Crippen LogP contribution is 2.36. The molecule has 0 saturated carbocycles. The van der Waals surface area contributed by atoms with E-state index < -0.39 is 0 Å². The molecule has 132 valence electrons. The van der Waals surface area contributed by atoms with Gasteiger partial charge in [-0.1, -0.05) is 13.0 Å². The van der Waals surface area contributed by atoms with Gasteiger partial charge in [-0.05, 0) is 42.0 Å². The molecule has 0 spiro atoms. The van der Waals surface area contributed by atoms with Crippen molar-refractivity contribution in [2.45, 2.75) is 19.8 Å². The van der Waals surface area contributed by atoms with Crippen molar-refractivity contribution in [3.8, 4) is 11.5 Å². The highest BCUT2D eigenvalue weighted by Gasteiger charge is 2.34. The molecule has 3 amide bonds. The third-order valence-corrected chi connectivity index (χ3v) is 4.61. The van der Waals surface area contributed by atoms with Crippen molar-refractivity contribution < 1.29 is 23.9 Å². The monoisotopic (exact) mass is 362 g/mol. The summed E-state index contributed by atoms with van der Waals surface area (Å²) in [4.78, 5) is 37.4. The first-order valence-corrected chi connectivity index (χ1v) is 8.82. The van der Waals surface area contributed by atoms with E-state index in [0.717, 1.165) is 28.6 Å². The summed E-state index contributed by atoms with van der Waals surface area (Å²) in [5, 5.41) is 2.37. The fourth-order valence-electron chi connectivity index (χ4n) is 2.47. The summed E-state index contributed by atoms with van der Waals surface area (Å²) in [5.74, 6) is 0.850. The Bertz CT molecular complexity index is 747. The van der Waals surface area contributed by atoms with Crippen molar-refractivity contribution in [2.75, 3.05) is 19.9 Å². The maximum atomic E-state index is 12.4. The molecule has 0 atom stereocenters. The van der Waals surface area contributed by atoms with Gasteiger partial charge >= 0.3 is 0 Å². The van der Waals surface area contributed by atoms with E-state index >= 15 is 0 Å². The van der Waals surface area contributed by atoms with Crippen LogP contribution >= 0.6 is 11.8 Å². The Kier molecular flexibility index (Phi) is 5.28. The van der Waals surface area contributed by atoms with Crippen LogP contribution in [0.5, 0.6) is 11.5 Å². The molecule has 0 aromatic heterocycles. The van der Waals surface area contributed by atoms with E-state index in [1.807, 2.05) is 6.92 Å². The Morgan fingerprint density at radius 2 is 2.12 bits per heavy atom. The summed E-state index contributed by atoms with van der Waals surface area (Å²) in [6, 6.07) is 5.33. The molecule has 3 rings (SSSR count). The zero-order chi connectivity index (χ0) is 17.8. The van der Waals surface area contributed by atoms with Crippen LogP contribution in [0.3, 0.4) is 0 Å². The minimum absolute atomic E-state index is 0.0784. The number of hydrogen-bond acceptors (Lipinski definition) is 6. The van der Waals surface area contributed by atoms with Crippen LogP contribution in [-0.2, 0) is 9.59 Å². The molecule has 1 saturated heterocycles. The molecule has 1 aromatic rings. The molecule has 2 aliphatic rings. The van der Waals surface area contributed by atoms with Crippen LogP contribution in [0.25, 0.3) is 6.08 Å². The van der Waals surface area contributed by atoms with E-state index in [-0.39, 0.29) is 36.9 Å². The molecule has 1 aromatic carbocycles. The Labute approximate surface area is 149 Å². The average Bonchev–Trinajstić information content (AvgIpc) is 3.14. The van der Waals surface area contributed by atoms with Gasteiger partial charge in [0.2, 0.25) is 12.7 Å². The number of nitrogens with one attached hydrogen (secondary N) is 1. The number of carbonyl (C=O) groups excluding carboxylic acids is 3. The Balaban J connectivity index is 1.63. The van der Waals surface area contributed by atoms with Crippen LogP contribution in [-0.4, -0.2) is 41.8 Å². The van der Waals surface area contributed by atoms with Crippen LogP contribution in [0.4, 0.5) is 4.79 Å². The SMILES string of the molecule is CCCC(=O)NCCN1C(=O)SC(=Cc2ccc3c(c2)OCO3)C1=O. The second-order valence-electron chi connectivity index (χ2n) is 5.55. The minimum atomic E-state index is -0.350. The number of benzene rings is 1. The lowest BCUT2D eigenvalue weighted by molar-refractivity contribution is -0.124. The molecule has 1 fully saturated rings. The second-order valence-corrected chi connectivity index (χ2v) is 6.54. The molecule has 0 unspecified atom stereocenters. The lowest BCUT2D eigenvalue weighted by atomic mass is 10.2. The van der Waals surface area contributed by atoms with Crippen molar-refractivity contribution in [1.29, 1.82) is 0 Å². The summed E-state index contributed by atoms with van der Waals surface area (Å²) in [5.41, 5.74) is 0.756. The summed E-state index contributed by atoms with van der Waals surface area (Å²) in [6.07, 6.45) is 2.85. The van der Waals surface area contributed by atoms with E-state index in [0.29, 0.717) is 22.8 Å². The Morgan fingerprint density at radius 1 is 1.32 bits per heavy atom. The zero-order valence-corrected chi connectivity index (χ0v) is 14.6. The van der Waals surface area contributed by atoms with Gasteiger partial charge in [-0.3, -0.25) is 19.3 Å². The van der Waals surface area contributed by atoms with E-state index in [1.165, 1.54) is 0 Å². The molecular weight excluding hydrogens is 344 g/mol. The lowest BCUT2D eigenvalue weighted by Gasteiger charge is -2.12. The van der Waals surface area contributed by atoms with Gasteiger partial charge in [0.1, 0.15) is 0 Å². The predicted octanol–water partition coefficient (Wildman–Crippen LogP) is 2.37. The standard InChI is InChI=1S/C17H18N2O5S/c1-2-3-15(20)18-6-7-19-16(21)14(25-17(19)22)9-11-4-5-12-13(8-11)24-10-23-12/h4-5,8-9H,2-3,6-7,10H2,1H3,(H,18,20). The van der Waals surface area contributed by atoms with Gasteiger partial charge in [-0.25, -0.2) is 0 Å². The van der Waals surface area contributed by atoms with Crippen molar-refractivity contribution in [1.82, 2.24) is 10.2 Å². The minimum Gasteiger partial charge on any atom is -0.454 e. The number of amides is 3. The Morgan fingerprint density at radius 3 is 2.92 bits per heavy atom. The number of fused-ring (bicyclic) bond motifs is 1. The highest BCUT2D eigenvalue weighted by molar-refractivity contribution is 8.18. The number of rotatable bonds is 6. The van der Waals surface area contributed by atoms with Gasteiger partial charge < -0.3 is 14.8 Å². The maximum absolute atomic E-state index is 12.4. The molecular formula is C17H18N2O5S. The fraction of sp³-hybridized carbons (Fsp3) is 0.353. The molecule has 2 aliphatic heterocycles. The van der Waals surface area contributed by atoms with Crippen molar-refractivity contribution >= 4 is 34.9 Å². The molecule has 0 aliphatic carbocycles. The number of nitrogens with zero attached hydrogens (tertiary/aromatic N) is 1. The fourth-order valence-corrected chi connectivity index (χ4v) is 3.33. The lowest BCUT2D eigenvalue weighted by Crippen LogP contribution is -2.37. The quantitative estimate of drug-likeness (QED) is 0.782. The van der Waals surface area contributed by atoms with E-state index in [4.69, 9.17) is 9.47 Å². The Hall–Kier alpha value is -2.48. The highest BCUT2D eigenvalue weighted by atomic mass is 32.2. The first-order chi connectivity index (χ1) is 12.1. The zero-order valence-electron chi connectivity index (χ0n) is 13.7. The third kappa shape index (κ3) is 3.96. The predicted molar refractivity (Wildman–Crippen MR) is 93.2 cm³/mol. The van der Waals surface area contributed by atoms with E-state index in [9.17, 15) is 14.4 Å². The summed E-state index contributed by atoms with van der Waals surface area (Å²) in [6.45, 7) is 2.52. The second kappa shape index (κ2) is 7.60. The molecule has 0 bridgehead atoms. The molecule has 7 nitrogen and oxygen atoms in total. The van der Waals surface area contributed by atoms with Crippen LogP contribution in [0.2, 0.25) is 0 Å². The molecule has 8 heteroatoms. The normalized spacial score (nSPS) is 17.5. The van der Waals surface area contributed by atoms with Gasteiger partial charge in [-0.15, -0.1) is 0 Å². The molecule has 25 heavy (non-hydrogen) atoms. The largest absolute Gasteiger partial charge is 0.454 e. The van der Waals surface area contributed by atoms with Crippen LogP contribution in [0.15, 0.2) is 23.1 Å². The van der Waals surface area contributed by atoms with Crippen molar-refractivity contribution in [2.24, 2.45) is 0 Å². The first kappa shape index (κ1) is 17.3. The average molecular weight is 362 g/mol. The molecule has 1 N–H and O–H groups in total. The van der Waals surface area contributed by atoms with Gasteiger partial charge in [0.25, 0.3) is 11.1 Å². The number of ether oxygens (including phenoxy) is 2. The van der Waals surface area contributed by atoms with Gasteiger partial charge in [0.05, 0.1) is 4.91 Å². The number of imide groups is 1. The number of thioether (sulfide) groups is 1. The number of hydrogen-bond donors (Lipinski definition) is 1. The number of carbonyl (C=O) groups is 3. The molecule has 2 heterocycles. The summed E-state index contributed by atoms with van der Waals surface area (Å²) >= 11 is 0.893. The van der Waals surface area contributed by atoms with E-state index in [1.54, 1.807) is 24.3 Å². The van der Waals surface area contributed by atoms with Crippen LogP contribution in [0, 0.1) is 0 Å². The maximum Gasteiger partial charge on any atom is 0.293 e. The smallest absolute Gasteiger partial charge is 0.293 e. The summed E-state index contributed by atoms with van der Waals surface area (Å²) < 4.78 is 10.6. The summed E-state index contributed by atoms with van der Waals surface area (Å²) in [7, 11) is 0. The van der Waals surface area contributed by atoms with E-state index in [2.05, 4.69) is 5.32 Å².